The fraction of sp³-hybridized carbons (Fsp3) is 0.263. The minimum Gasteiger partial charge on any atom is -0.491 e. The van der Waals surface area contributed by atoms with E-state index in [2.05, 4.69) is 10.6 Å². The van der Waals surface area contributed by atoms with E-state index in [0.717, 1.165) is 28.7 Å². The van der Waals surface area contributed by atoms with Crippen LogP contribution in [-0.4, -0.2) is 45.0 Å². The van der Waals surface area contributed by atoms with Crippen molar-refractivity contribution in [3.8, 4) is 22.9 Å². The van der Waals surface area contributed by atoms with E-state index in [1.54, 1.807) is 48.0 Å². The van der Waals surface area contributed by atoms with Crippen LogP contribution in [0, 0.1) is 13.8 Å². The monoisotopic (exact) mass is 697 g/mol. The molecule has 11 nitrogen and oxygen atoms in total. The first-order valence-electron chi connectivity index (χ1n) is 16.1. The largest absolute Gasteiger partial charge is 0.491 e. The Balaban J connectivity index is 1.30. The number of rotatable bonds is 12. The van der Waals surface area contributed by atoms with Gasteiger partial charge in [-0.25, -0.2) is 9.48 Å². The van der Waals surface area contributed by atoms with E-state index in [9.17, 15) is 14.4 Å². The highest BCUT2D eigenvalue weighted by atomic mass is 35.5. The van der Waals surface area contributed by atoms with Gasteiger partial charge in [-0.15, -0.1) is 0 Å². The topological polar surface area (TPSA) is 137 Å². The summed E-state index contributed by atoms with van der Waals surface area (Å²) in [7, 11) is 0. The van der Waals surface area contributed by atoms with Gasteiger partial charge in [0, 0.05) is 41.4 Å². The summed E-state index contributed by atoms with van der Waals surface area (Å²) in [6, 6.07) is 22.9. The molecule has 0 saturated carbocycles. The maximum absolute atomic E-state index is 13.4. The zero-order chi connectivity index (χ0) is 36.0. The second-order valence-corrected chi connectivity index (χ2v) is 13.2. The van der Waals surface area contributed by atoms with Crippen LogP contribution in [-0.2, 0) is 18.6 Å². The summed E-state index contributed by atoms with van der Waals surface area (Å²) in [5.41, 5.74) is 4.74. The lowest BCUT2D eigenvalue weighted by Crippen LogP contribution is -2.29. The number of aldehydes is 1. The molecule has 2 amide bonds. The second kappa shape index (κ2) is 15.4. The number of aromatic nitrogens is 3. The maximum Gasteiger partial charge on any atom is 0.320 e. The third-order valence-corrected chi connectivity index (χ3v) is 8.34. The summed E-state index contributed by atoms with van der Waals surface area (Å²) in [4.78, 5) is 38.0. The van der Waals surface area contributed by atoms with Crippen LogP contribution in [0.25, 0.3) is 11.4 Å². The molecule has 260 valence electrons. The van der Waals surface area contributed by atoms with E-state index in [-0.39, 0.29) is 42.6 Å². The van der Waals surface area contributed by atoms with Gasteiger partial charge < -0.3 is 19.9 Å². The predicted octanol–water partition coefficient (Wildman–Crippen LogP) is 6.68. The van der Waals surface area contributed by atoms with Gasteiger partial charge in [0.2, 0.25) is 0 Å². The molecule has 0 aliphatic rings. The second-order valence-electron chi connectivity index (χ2n) is 12.8. The van der Waals surface area contributed by atoms with Crippen LogP contribution in [0.15, 0.2) is 83.7 Å². The molecule has 0 atom stereocenters. The van der Waals surface area contributed by atoms with Crippen LogP contribution in [0.1, 0.15) is 59.2 Å². The molecule has 0 spiro atoms. The number of halogens is 1. The minimum atomic E-state index is -0.460. The number of aliphatic hydroxyl groups excluding tert-OH is 1. The summed E-state index contributed by atoms with van der Waals surface area (Å²) in [6.45, 7) is 10.1. The predicted molar refractivity (Wildman–Crippen MR) is 193 cm³/mol. The number of anilines is 1. The number of aryl methyl sites for hydroxylation is 2. The van der Waals surface area contributed by atoms with Crippen molar-refractivity contribution in [2.24, 2.45) is 0 Å². The van der Waals surface area contributed by atoms with Crippen LogP contribution in [0.2, 0.25) is 5.02 Å². The highest BCUT2D eigenvalue weighted by Crippen LogP contribution is 2.29. The zero-order valence-corrected chi connectivity index (χ0v) is 29.4. The van der Waals surface area contributed by atoms with E-state index >= 15 is 0 Å². The zero-order valence-electron chi connectivity index (χ0n) is 28.6. The normalized spacial score (nSPS) is 11.3. The number of benzene rings is 3. The Hall–Kier alpha value is -5.39. The van der Waals surface area contributed by atoms with Gasteiger partial charge in [-0.05, 0) is 48.7 Å². The lowest BCUT2D eigenvalue weighted by molar-refractivity contribution is 0.112. The molecule has 0 bridgehead atoms. The average Bonchev–Trinajstić information content (AvgIpc) is 3.53. The SMILES string of the molecule is Cc1ccc(C=O)cc1-n1c(C)cc(OCc2ccccc2CNC(=O)Nc2cc(C(C)(C)C)nn2-c2cccc(OCCO)c2)c(Cl)c1=O. The van der Waals surface area contributed by atoms with E-state index in [1.807, 2.05) is 70.2 Å². The molecule has 0 unspecified atom stereocenters. The lowest BCUT2D eigenvalue weighted by atomic mass is 9.92. The fourth-order valence-electron chi connectivity index (χ4n) is 5.29. The Kier molecular flexibility index (Phi) is 11.1. The summed E-state index contributed by atoms with van der Waals surface area (Å²) >= 11 is 6.53. The highest BCUT2D eigenvalue weighted by Gasteiger charge is 2.22. The van der Waals surface area contributed by atoms with Crippen LogP contribution in [0.3, 0.4) is 0 Å². The molecule has 0 aliphatic heterocycles. The van der Waals surface area contributed by atoms with Gasteiger partial charge >= 0.3 is 6.03 Å². The Morgan fingerprint density at radius 2 is 1.74 bits per heavy atom. The van der Waals surface area contributed by atoms with Crippen molar-refractivity contribution < 1.29 is 24.2 Å². The molecular weight excluding hydrogens is 658 g/mol. The number of hydrogen-bond acceptors (Lipinski definition) is 7. The smallest absolute Gasteiger partial charge is 0.320 e. The van der Waals surface area contributed by atoms with Gasteiger partial charge in [-0.3, -0.25) is 19.5 Å². The number of carbonyl (C=O) groups is 2. The molecule has 3 N–H and O–H groups in total. The Bertz CT molecular complexity index is 2080. The minimum absolute atomic E-state index is 0.0850. The van der Waals surface area contributed by atoms with Gasteiger partial charge in [-0.1, -0.05) is 74.8 Å². The van der Waals surface area contributed by atoms with Gasteiger partial charge in [0.25, 0.3) is 5.56 Å². The molecule has 0 fully saturated rings. The van der Waals surface area contributed by atoms with E-state index < -0.39 is 11.6 Å². The van der Waals surface area contributed by atoms with Gasteiger partial charge in [-0.2, -0.15) is 5.10 Å². The lowest BCUT2D eigenvalue weighted by Gasteiger charge is -2.17. The molecule has 3 aromatic carbocycles. The van der Waals surface area contributed by atoms with Crippen molar-refractivity contribution in [1.29, 1.82) is 0 Å². The molecule has 2 heterocycles. The standard InChI is InChI=1S/C38H40ClN5O6/c1-24-13-14-26(22-46)18-31(24)43-25(2)17-32(35(39)36(43)47)50-23-28-10-7-6-9-27(28)21-40-37(48)41-34-20-33(38(3,4)5)42-44(34)29-11-8-12-30(19-29)49-16-15-45/h6-14,17-20,22,45H,15-16,21,23H2,1-5H3,(H2,40,41,48). The molecule has 0 aliphatic carbocycles. The molecular formula is C38H40ClN5O6. The van der Waals surface area contributed by atoms with E-state index in [4.69, 9.17) is 31.3 Å². The van der Waals surface area contributed by atoms with Crippen molar-refractivity contribution in [3.05, 3.63) is 128 Å². The Morgan fingerprint density at radius 1 is 0.980 bits per heavy atom. The van der Waals surface area contributed by atoms with Crippen molar-refractivity contribution >= 4 is 29.7 Å². The number of nitrogens with one attached hydrogen (secondary N) is 2. The number of hydrogen-bond donors (Lipinski definition) is 3. The summed E-state index contributed by atoms with van der Waals surface area (Å²) in [5, 5.41) is 19.7. The number of nitrogens with zero attached hydrogens (tertiary/aromatic N) is 3. The number of carbonyl (C=O) groups excluding carboxylic acids is 2. The number of urea groups is 1. The van der Waals surface area contributed by atoms with Crippen molar-refractivity contribution in [2.45, 2.75) is 53.2 Å². The van der Waals surface area contributed by atoms with Crippen molar-refractivity contribution in [2.75, 3.05) is 18.5 Å². The third-order valence-electron chi connectivity index (χ3n) is 7.99. The van der Waals surface area contributed by atoms with Crippen molar-refractivity contribution in [3.63, 3.8) is 0 Å². The third kappa shape index (κ3) is 8.24. The summed E-state index contributed by atoms with van der Waals surface area (Å²) in [5.74, 6) is 1.26. The van der Waals surface area contributed by atoms with Crippen molar-refractivity contribution in [1.82, 2.24) is 19.7 Å². The summed E-state index contributed by atoms with van der Waals surface area (Å²) in [6.07, 6.45) is 0.730. The van der Waals surface area contributed by atoms with Crippen LogP contribution >= 0.6 is 11.6 Å². The number of ether oxygens (including phenoxy) is 2. The Labute approximate surface area is 295 Å². The quantitative estimate of drug-likeness (QED) is 0.124. The molecule has 5 rings (SSSR count). The van der Waals surface area contributed by atoms with E-state index in [1.165, 1.54) is 4.57 Å². The Morgan fingerprint density at radius 3 is 2.46 bits per heavy atom. The first-order valence-corrected chi connectivity index (χ1v) is 16.4. The summed E-state index contributed by atoms with van der Waals surface area (Å²) < 4.78 is 14.7. The number of amides is 2. The average molecular weight is 698 g/mol. The molecule has 0 radical (unpaired) electrons. The number of aliphatic hydroxyl groups is 1. The van der Waals surface area contributed by atoms with Crippen LogP contribution in [0.5, 0.6) is 11.5 Å². The fourth-order valence-corrected chi connectivity index (χ4v) is 5.48. The van der Waals surface area contributed by atoms with Crippen LogP contribution in [0.4, 0.5) is 10.6 Å². The molecule has 5 aromatic rings. The van der Waals surface area contributed by atoms with Crippen LogP contribution < -0.4 is 25.7 Å². The maximum atomic E-state index is 13.4. The van der Waals surface area contributed by atoms with E-state index in [0.29, 0.717) is 34.2 Å². The molecule has 0 saturated heterocycles. The van der Waals surface area contributed by atoms with Gasteiger partial charge in [0.1, 0.15) is 41.8 Å². The molecule has 12 heteroatoms. The molecule has 2 aromatic heterocycles. The molecule has 50 heavy (non-hydrogen) atoms. The highest BCUT2D eigenvalue weighted by molar-refractivity contribution is 6.31. The van der Waals surface area contributed by atoms with Gasteiger partial charge in [0.05, 0.1) is 23.7 Å². The van der Waals surface area contributed by atoms with Gasteiger partial charge in [0.15, 0.2) is 0 Å². The first kappa shape index (κ1) is 35.9. The number of pyridine rings is 1. The first-order chi connectivity index (χ1) is 23.9.